The van der Waals surface area contributed by atoms with Crippen molar-refractivity contribution >= 4 is 27.5 Å². The number of hydrogen-bond acceptors (Lipinski definition) is 10. The minimum atomic E-state index is -3.94. The highest BCUT2D eigenvalue weighted by atomic mass is 32.2. The lowest BCUT2D eigenvalue weighted by atomic mass is 9.99. The van der Waals surface area contributed by atoms with Gasteiger partial charge in [-0.05, 0) is 39.0 Å². The van der Waals surface area contributed by atoms with Gasteiger partial charge >= 0.3 is 0 Å². The number of aliphatic hydroxyl groups excluding tert-OH is 1. The molecule has 1 fully saturated rings. The van der Waals surface area contributed by atoms with Gasteiger partial charge in [0.1, 0.15) is 22.4 Å². The molecule has 232 valence electrons. The van der Waals surface area contributed by atoms with Gasteiger partial charge in [0.2, 0.25) is 15.9 Å². The van der Waals surface area contributed by atoms with Gasteiger partial charge in [-0.15, -0.1) is 0 Å². The molecule has 0 saturated carbocycles. The van der Waals surface area contributed by atoms with Crippen LogP contribution in [0.15, 0.2) is 27.6 Å². The molecule has 0 unspecified atom stereocenters. The topological polar surface area (TPSA) is 155 Å². The van der Waals surface area contributed by atoms with E-state index in [4.69, 9.17) is 14.0 Å². The lowest BCUT2D eigenvalue weighted by Gasteiger charge is -2.38. The zero-order chi connectivity index (χ0) is 30.6. The molecule has 1 aromatic heterocycles. The number of carbonyl (C=O) groups is 2. The van der Waals surface area contributed by atoms with Crippen LogP contribution in [0.2, 0.25) is 0 Å². The molecule has 3 atom stereocenters. The van der Waals surface area contributed by atoms with E-state index in [2.05, 4.69) is 15.4 Å². The van der Waals surface area contributed by atoms with Crippen LogP contribution in [-0.4, -0.2) is 116 Å². The number of aliphatic hydroxyl groups is 1. The number of benzene rings is 1. The van der Waals surface area contributed by atoms with Crippen LogP contribution in [-0.2, 0) is 19.6 Å². The number of aromatic nitrogens is 1. The number of carbonyl (C=O) groups excluding carboxylic acids is 2. The second-order valence-electron chi connectivity index (χ2n) is 11.0. The van der Waals surface area contributed by atoms with Gasteiger partial charge < -0.3 is 29.3 Å². The van der Waals surface area contributed by atoms with Gasteiger partial charge in [-0.3, -0.25) is 14.5 Å². The number of amides is 2. The van der Waals surface area contributed by atoms with E-state index in [1.54, 1.807) is 43.9 Å². The van der Waals surface area contributed by atoms with Crippen LogP contribution in [0.4, 0.5) is 5.69 Å². The predicted molar refractivity (Wildman–Crippen MR) is 154 cm³/mol. The molecule has 2 N–H and O–H groups in total. The Bertz CT molecular complexity index is 1350. The molecule has 0 aliphatic carbocycles. The number of rotatable bonds is 10. The number of hydrogen-bond donors (Lipinski definition) is 2. The minimum absolute atomic E-state index is 0.0113. The Morgan fingerprint density at radius 1 is 1.26 bits per heavy atom. The number of nitrogens with zero attached hydrogens (tertiary/aromatic N) is 4. The SMILES string of the molecule is Cc1noc(C)c1S(=O)(=O)N(C)C[C@H]1Oc2ccc(NC(=O)CCN3CCOCC3)cc2C(=O)N([C@@H](C)CO)C[C@H]1C. The average Bonchev–Trinajstić information content (AvgIpc) is 3.32. The molecule has 0 bridgehead atoms. The van der Waals surface area contributed by atoms with Crippen LogP contribution < -0.4 is 10.1 Å². The molecule has 2 aliphatic heterocycles. The van der Waals surface area contributed by atoms with Gasteiger partial charge in [0, 0.05) is 51.3 Å². The van der Waals surface area contributed by atoms with Crippen molar-refractivity contribution in [1.29, 1.82) is 0 Å². The number of anilines is 1. The maximum atomic E-state index is 13.7. The molecule has 2 aromatic rings. The van der Waals surface area contributed by atoms with Gasteiger partial charge in [-0.1, -0.05) is 12.1 Å². The molecular weight excluding hydrogens is 566 g/mol. The van der Waals surface area contributed by atoms with Gasteiger partial charge in [0.25, 0.3) is 5.91 Å². The van der Waals surface area contributed by atoms with E-state index in [9.17, 15) is 23.1 Å². The van der Waals surface area contributed by atoms with Crippen molar-refractivity contribution in [2.45, 2.75) is 51.2 Å². The molecule has 14 heteroatoms. The number of ether oxygens (including phenoxy) is 2. The molecule has 2 aliphatic rings. The predicted octanol–water partition coefficient (Wildman–Crippen LogP) is 1.49. The normalized spacial score (nSPS) is 20.9. The number of sulfonamides is 1. The first kappa shape index (κ1) is 31.9. The van der Waals surface area contributed by atoms with Crippen molar-refractivity contribution in [2.24, 2.45) is 5.92 Å². The van der Waals surface area contributed by atoms with Crippen LogP contribution in [0.5, 0.6) is 5.75 Å². The second-order valence-corrected chi connectivity index (χ2v) is 13.0. The summed E-state index contributed by atoms with van der Waals surface area (Å²) in [5.41, 5.74) is 0.927. The Hall–Kier alpha value is -3.04. The fourth-order valence-electron chi connectivity index (χ4n) is 5.18. The van der Waals surface area contributed by atoms with Crippen LogP contribution in [0.1, 0.15) is 42.1 Å². The Morgan fingerprint density at radius 3 is 2.62 bits per heavy atom. The third-order valence-electron chi connectivity index (χ3n) is 7.78. The van der Waals surface area contributed by atoms with Gasteiger partial charge in [0.05, 0.1) is 38.0 Å². The summed E-state index contributed by atoms with van der Waals surface area (Å²) in [5, 5.41) is 16.6. The zero-order valence-corrected chi connectivity index (χ0v) is 25.6. The highest BCUT2D eigenvalue weighted by Crippen LogP contribution is 2.32. The Labute approximate surface area is 246 Å². The quantitative estimate of drug-likeness (QED) is 0.406. The monoisotopic (exact) mass is 607 g/mol. The number of aryl methyl sites for hydroxylation is 2. The first-order valence-corrected chi connectivity index (χ1v) is 15.6. The first-order valence-electron chi connectivity index (χ1n) is 14.1. The van der Waals surface area contributed by atoms with E-state index in [1.165, 1.54) is 11.4 Å². The summed E-state index contributed by atoms with van der Waals surface area (Å²) in [6.45, 7) is 10.2. The Balaban J connectivity index is 1.57. The van der Waals surface area contributed by atoms with Gasteiger partial charge in [-0.2, -0.15) is 4.31 Å². The van der Waals surface area contributed by atoms with Crippen molar-refractivity contribution in [3.8, 4) is 5.75 Å². The summed E-state index contributed by atoms with van der Waals surface area (Å²) < 4.78 is 44.8. The molecule has 13 nitrogen and oxygen atoms in total. The second kappa shape index (κ2) is 13.5. The van der Waals surface area contributed by atoms with E-state index < -0.39 is 22.2 Å². The average molecular weight is 608 g/mol. The van der Waals surface area contributed by atoms with Crippen LogP contribution in [0.3, 0.4) is 0 Å². The first-order chi connectivity index (χ1) is 19.9. The lowest BCUT2D eigenvalue weighted by molar-refractivity contribution is -0.116. The van der Waals surface area contributed by atoms with Crippen molar-refractivity contribution < 1.29 is 37.1 Å². The summed E-state index contributed by atoms with van der Waals surface area (Å²) in [6.07, 6.45) is -0.347. The highest BCUT2D eigenvalue weighted by Gasteiger charge is 2.36. The van der Waals surface area contributed by atoms with E-state index >= 15 is 0 Å². The van der Waals surface area contributed by atoms with Crippen LogP contribution in [0.25, 0.3) is 0 Å². The molecule has 0 spiro atoms. The number of nitrogens with one attached hydrogen (secondary N) is 1. The van der Waals surface area contributed by atoms with E-state index in [1.807, 2.05) is 6.92 Å². The number of fused-ring (bicyclic) bond motifs is 1. The molecule has 4 rings (SSSR count). The lowest BCUT2D eigenvalue weighted by Crippen LogP contribution is -2.50. The fourth-order valence-corrected chi connectivity index (χ4v) is 6.64. The molecule has 3 heterocycles. The maximum Gasteiger partial charge on any atom is 0.258 e. The summed E-state index contributed by atoms with van der Waals surface area (Å²) in [6, 6.07) is 4.34. The van der Waals surface area contributed by atoms with Crippen LogP contribution in [0, 0.1) is 19.8 Å². The van der Waals surface area contributed by atoms with Crippen molar-refractivity contribution in [3.05, 3.63) is 35.2 Å². The molecule has 0 radical (unpaired) electrons. The summed E-state index contributed by atoms with van der Waals surface area (Å²) in [7, 11) is -2.47. The van der Waals surface area contributed by atoms with Crippen molar-refractivity contribution in [2.75, 3.05) is 64.9 Å². The standard InChI is InChI=1S/C28H41N5O8S/c1-18-15-33(19(2)17-34)28(36)23-14-22(29-26(35)8-9-32-10-12-39-13-11-32)6-7-24(23)40-25(18)16-31(5)42(37,38)27-20(3)30-41-21(27)4/h6-7,14,18-19,25,34H,8-13,15-17H2,1-5H3,(H,29,35)/t18-,19+,25-/m1/s1. The molecule has 1 saturated heterocycles. The molecule has 42 heavy (non-hydrogen) atoms. The van der Waals surface area contributed by atoms with E-state index in [0.29, 0.717) is 31.9 Å². The minimum Gasteiger partial charge on any atom is -0.488 e. The van der Waals surface area contributed by atoms with Crippen molar-refractivity contribution in [3.63, 3.8) is 0 Å². The number of morpholine rings is 1. The Morgan fingerprint density at radius 2 is 1.98 bits per heavy atom. The largest absolute Gasteiger partial charge is 0.488 e. The maximum absolute atomic E-state index is 13.7. The smallest absolute Gasteiger partial charge is 0.258 e. The van der Waals surface area contributed by atoms with E-state index in [0.717, 1.165) is 13.1 Å². The summed E-state index contributed by atoms with van der Waals surface area (Å²) in [5.74, 6) is -0.361. The van der Waals surface area contributed by atoms with Gasteiger partial charge in [-0.25, -0.2) is 8.42 Å². The molecule has 1 aromatic carbocycles. The van der Waals surface area contributed by atoms with E-state index in [-0.39, 0.29) is 65.1 Å². The summed E-state index contributed by atoms with van der Waals surface area (Å²) >= 11 is 0. The third kappa shape index (κ3) is 7.11. The Kier molecular flexibility index (Phi) is 10.3. The summed E-state index contributed by atoms with van der Waals surface area (Å²) in [4.78, 5) is 30.1. The molecule has 2 amide bonds. The van der Waals surface area contributed by atoms with Crippen LogP contribution >= 0.6 is 0 Å². The zero-order valence-electron chi connectivity index (χ0n) is 24.8. The fraction of sp³-hybridized carbons (Fsp3) is 0.607. The number of likely N-dealkylation sites (N-methyl/N-ethyl adjacent to an activating group) is 1. The highest BCUT2D eigenvalue weighted by molar-refractivity contribution is 7.89. The van der Waals surface area contributed by atoms with Gasteiger partial charge in [0.15, 0.2) is 5.76 Å². The third-order valence-corrected chi connectivity index (χ3v) is 9.85. The molecular formula is C28H41N5O8S. The van der Waals surface area contributed by atoms with Crippen molar-refractivity contribution in [1.82, 2.24) is 19.3 Å².